The van der Waals surface area contributed by atoms with Crippen molar-refractivity contribution < 1.29 is 49.0 Å². The van der Waals surface area contributed by atoms with E-state index in [1.54, 1.807) is 7.11 Å². The van der Waals surface area contributed by atoms with Crippen LogP contribution in [-0.2, 0) is 15.1 Å². The first-order chi connectivity index (χ1) is 17.0. The van der Waals surface area contributed by atoms with E-state index in [0.717, 1.165) is 49.8 Å². The van der Waals surface area contributed by atoms with E-state index in [4.69, 9.17) is 4.74 Å². The Morgan fingerprint density at radius 2 is 1.76 bits per heavy atom. The molecule has 0 radical (unpaired) electrons. The average Bonchev–Trinajstić information content (AvgIpc) is 3.20. The molecule has 0 spiro atoms. The van der Waals surface area contributed by atoms with Crippen LogP contribution >= 0.6 is 0 Å². The first-order valence-electron chi connectivity index (χ1n) is 13.6. The summed E-state index contributed by atoms with van der Waals surface area (Å²) in [4.78, 5) is 25.2. The summed E-state index contributed by atoms with van der Waals surface area (Å²) in [5.74, 6) is 1.62. The van der Waals surface area contributed by atoms with Gasteiger partial charge in [0.2, 0.25) is 5.91 Å². The SMILES string of the molecule is COc1ccc(C(C)(C)NC(=O)[C@H]2CC[C@H]3[C@@H]4CC=C5C=C(C(=O)[O-])CC[C@]5(C)[C@H]4CC[C@]23C)cc1.[Na+]. The van der Waals surface area contributed by atoms with Gasteiger partial charge >= 0.3 is 29.6 Å². The Balaban J connectivity index is 0.00000320. The number of allylic oxidation sites excluding steroid dienone is 3. The number of hydrogen-bond donors (Lipinski definition) is 1. The maximum atomic E-state index is 13.8. The largest absolute Gasteiger partial charge is 1.00 e. The van der Waals surface area contributed by atoms with E-state index in [1.807, 2.05) is 30.3 Å². The maximum absolute atomic E-state index is 13.8. The molecule has 0 heterocycles. The molecule has 1 aromatic rings. The minimum atomic E-state index is -1.03. The van der Waals surface area contributed by atoms with Crippen LogP contribution < -0.4 is 44.7 Å². The fourth-order valence-corrected chi connectivity index (χ4v) is 8.39. The number of hydrogen-bond acceptors (Lipinski definition) is 4. The van der Waals surface area contributed by atoms with Gasteiger partial charge in [-0.3, -0.25) is 4.79 Å². The standard InChI is InChI=1S/C31H41NO4.Na/c1-29(2,20-6-9-22(36-5)10-7-20)32-27(33)26-13-12-24-23-11-8-21-18-19(28(34)35)14-16-30(21,3)25(23)15-17-31(24,26)4;/h6-10,18,23-26H,11-17H2,1-5H3,(H,32,33)(H,34,35);/q;+1/p-1/t23-,24-,25-,26+,30-,31-;/m0./s1. The van der Waals surface area contributed by atoms with Crippen LogP contribution in [0.5, 0.6) is 5.75 Å². The number of carboxylic acid groups (broad SMARTS) is 1. The molecular weight excluding hydrogens is 473 g/mol. The van der Waals surface area contributed by atoms with Crippen LogP contribution in [0.1, 0.15) is 78.2 Å². The molecule has 5 rings (SSSR count). The minimum Gasteiger partial charge on any atom is -0.545 e. The van der Waals surface area contributed by atoms with Gasteiger partial charge in [0.05, 0.1) is 18.6 Å². The van der Waals surface area contributed by atoms with Crippen molar-refractivity contribution in [3.8, 4) is 5.75 Å². The van der Waals surface area contributed by atoms with Crippen molar-refractivity contribution in [2.45, 2.75) is 78.2 Å². The third kappa shape index (κ3) is 4.74. The summed E-state index contributed by atoms with van der Waals surface area (Å²) >= 11 is 0. The van der Waals surface area contributed by atoms with Gasteiger partial charge in [0, 0.05) is 5.92 Å². The fourth-order valence-electron chi connectivity index (χ4n) is 8.39. The zero-order valence-electron chi connectivity index (χ0n) is 23.4. The van der Waals surface area contributed by atoms with E-state index < -0.39 is 11.5 Å². The van der Waals surface area contributed by atoms with Crippen LogP contribution in [0.2, 0.25) is 0 Å². The average molecular weight is 514 g/mol. The number of ether oxygens (including phenoxy) is 1. The van der Waals surface area contributed by atoms with Crippen LogP contribution in [0.4, 0.5) is 0 Å². The van der Waals surface area contributed by atoms with Crippen molar-refractivity contribution in [2.75, 3.05) is 7.11 Å². The summed E-state index contributed by atoms with van der Waals surface area (Å²) < 4.78 is 5.29. The molecule has 0 saturated heterocycles. The summed E-state index contributed by atoms with van der Waals surface area (Å²) in [6, 6.07) is 7.94. The zero-order valence-corrected chi connectivity index (χ0v) is 25.4. The number of methoxy groups -OCH3 is 1. The van der Waals surface area contributed by atoms with E-state index in [0.29, 0.717) is 29.7 Å². The van der Waals surface area contributed by atoms with E-state index in [1.165, 1.54) is 5.57 Å². The minimum absolute atomic E-state index is 0. The van der Waals surface area contributed by atoms with Gasteiger partial charge < -0.3 is 20.0 Å². The number of rotatable bonds is 5. The van der Waals surface area contributed by atoms with Crippen molar-refractivity contribution in [2.24, 2.45) is 34.5 Å². The predicted octanol–water partition coefficient (Wildman–Crippen LogP) is 1.92. The Morgan fingerprint density at radius 1 is 1.05 bits per heavy atom. The summed E-state index contributed by atoms with van der Waals surface area (Å²) in [7, 11) is 1.66. The van der Waals surface area contributed by atoms with Gasteiger partial charge in [0.1, 0.15) is 5.75 Å². The molecule has 6 heteroatoms. The number of fused-ring (bicyclic) bond motifs is 5. The third-order valence-corrected chi connectivity index (χ3v) is 10.6. The van der Waals surface area contributed by atoms with Crippen molar-refractivity contribution in [3.05, 3.63) is 53.1 Å². The molecule has 37 heavy (non-hydrogen) atoms. The predicted molar refractivity (Wildman–Crippen MR) is 138 cm³/mol. The van der Waals surface area contributed by atoms with Gasteiger partial charge in [0.25, 0.3) is 0 Å². The Bertz CT molecular complexity index is 1120. The topological polar surface area (TPSA) is 78.5 Å². The van der Waals surface area contributed by atoms with Crippen molar-refractivity contribution in [1.82, 2.24) is 5.32 Å². The van der Waals surface area contributed by atoms with Crippen LogP contribution in [0.3, 0.4) is 0 Å². The van der Waals surface area contributed by atoms with Crippen LogP contribution in [-0.4, -0.2) is 19.0 Å². The molecule has 4 aliphatic rings. The number of aliphatic carboxylic acids is 1. The second kappa shape index (κ2) is 10.2. The van der Waals surface area contributed by atoms with Gasteiger partial charge in [-0.2, -0.15) is 0 Å². The molecule has 1 amide bonds. The van der Waals surface area contributed by atoms with E-state index >= 15 is 0 Å². The van der Waals surface area contributed by atoms with Gasteiger partial charge in [0.15, 0.2) is 0 Å². The molecule has 2 fully saturated rings. The zero-order chi connectivity index (χ0) is 25.9. The van der Waals surface area contributed by atoms with Crippen LogP contribution in [0.25, 0.3) is 0 Å². The molecule has 4 aliphatic carbocycles. The van der Waals surface area contributed by atoms with Gasteiger partial charge in [-0.05, 0) is 116 Å². The molecule has 6 atom stereocenters. The number of carbonyl (C=O) groups excluding carboxylic acids is 2. The number of amides is 1. The first-order valence-corrected chi connectivity index (χ1v) is 13.6. The Kier molecular flexibility index (Phi) is 7.84. The molecule has 1 N–H and O–H groups in total. The number of benzene rings is 1. The number of carboxylic acids is 1. The second-order valence-electron chi connectivity index (χ2n) is 12.7. The Hall–Kier alpha value is -1.56. The van der Waals surface area contributed by atoms with Crippen molar-refractivity contribution >= 4 is 11.9 Å². The monoisotopic (exact) mass is 513 g/mol. The summed E-state index contributed by atoms with van der Waals surface area (Å²) in [6.45, 7) is 8.85. The summed E-state index contributed by atoms with van der Waals surface area (Å²) in [5, 5.41) is 14.9. The van der Waals surface area contributed by atoms with Crippen molar-refractivity contribution in [1.29, 1.82) is 0 Å². The van der Waals surface area contributed by atoms with Gasteiger partial charge in [-0.15, -0.1) is 0 Å². The Labute approximate surface area is 243 Å². The smallest absolute Gasteiger partial charge is 0.545 e. The normalized spacial score (nSPS) is 34.5. The molecule has 0 unspecified atom stereocenters. The molecule has 2 saturated carbocycles. The molecule has 0 aromatic heterocycles. The first kappa shape index (κ1) is 28.4. The summed E-state index contributed by atoms with van der Waals surface area (Å²) in [5.41, 5.74) is 2.28. The molecule has 0 aliphatic heterocycles. The van der Waals surface area contributed by atoms with E-state index in [-0.39, 0.29) is 52.2 Å². The number of nitrogens with one attached hydrogen (secondary N) is 1. The van der Waals surface area contributed by atoms with E-state index in [9.17, 15) is 14.7 Å². The molecular formula is C31H40NNaO4. The molecule has 0 bridgehead atoms. The molecule has 5 nitrogen and oxygen atoms in total. The Morgan fingerprint density at radius 3 is 2.41 bits per heavy atom. The number of carbonyl (C=O) groups is 2. The quantitative estimate of drug-likeness (QED) is 0.611. The van der Waals surface area contributed by atoms with Gasteiger partial charge in [-0.1, -0.05) is 38.1 Å². The molecule has 1 aromatic carbocycles. The van der Waals surface area contributed by atoms with Crippen LogP contribution in [0, 0.1) is 34.5 Å². The molecule has 194 valence electrons. The fraction of sp³-hybridized carbons (Fsp3) is 0.613. The van der Waals surface area contributed by atoms with E-state index in [2.05, 4.69) is 39.1 Å². The van der Waals surface area contributed by atoms with Gasteiger partial charge in [-0.25, -0.2) is 0 Å². The van der Waals surface area contributed by atoms with Crippen LogP contribution in [0.15, 0.2) is 47.6 Å². The second-order valence-corrected chi connectivity index (χ2v) is 12.7. The van der Waals surface area contributed by atoms with Crippen molar-refractivity contribution in [3.63, 3.8) is 0 Å². The third-order valence-electron chi connectivity index (χ3n) is 10.6. The summed E-state index contributed by atoms with van der Waals surface area (Å²) in [6.07, 6.45) is 10.8. The maximum Gasteiger partial charge on any atom is 1.00 e.